The summed E-state index contributed by atoms with van der Waals surface area (Å²) in [5.74, 6) is -4.35. The van der Waals surface area contributed by atoms with Gasteiger partial charge in [0.1, 0.15) is 24.6 Å². The third kappa shape index (κ3) is 3.47. The molecule has 0 aliphatic rings. The van der Waals surface area contributed by atoms with Crippen molar-refractivity contribution in [2.24, 2.45) is 5.73 Å². The Labute approximate surface area is 117 Å². The van der Waals surface area contributed by atoms with E-state index in [1.807, 2.05) is 0 Å². The van der Waals surface area contributed by atoms with Crippen molar-refractivity contribution in [2.45, 2.75) is 18.4 Å². The summed E-state index contributed by atoms with van der Waals surface area (Å²) in [6.07, 6.45) is 0. The van der Waals surface area contributed by atoms with Gasteiger partial charge in [-0.3, -0.25) is 0 Å². The maximum atomic E-state index is 14.0. The van der Waals surface area contributed by atoms with E-state index in [1.54, 1.807) is 6.07 Å². The molecule has 0 aromatic heterocycles. The summed E-state index contributed by atoms with van der Waals surface area (Å²) in [6, 6.07) is 5.22. The van der Waals surface area contributed by atoms with Crippen LogP contribution in [0.5, 0.6) is 0 Å². The minimum atomic E-state index is -3.52. The molecule has 0 spiro atoms. The maximum Gasteiger partial charge on any atom is 0.292 e. The van der Waals surface area contributed by atoms with Crippen LogP contribution in [0.25, 0.3) is 0 Å². The molecule has 0 saturated heterocycles. The molecule has 1 aromatic rings. The van der Waals surface area contributed by atoms with Crippen LogP contribution in [0.3, 0.4) is 0 Å². The van der Waals surface area contributed by atoms with Crippen LogP contribution in [0.1, 0.15) is 12.5 Å². The number of benzene rings is 1. The number of halogens is 4. The third-order valence-corrected chi connectivity index (χ3v) is 3.19. The molecule has 1 unspecified atom stereocenters. The number of nitriles is 1. The van der Waals surface area contributed by atoms with E-state index in [-0.39, 0.29) is 5.56 Å². The quantitative estimate of drug-likeness (QED) is 0.841. The van der Waals surface area contributed by atoms with Gasteiger partial charge in [0, 0.05) is 10.0 Å². The van der Waals surface area contributed by atoms with E-state index in [0.717, 1.165) is 13.0 Å². The van der Waals surface area contributed by atoms with Gasteiger partial charge < -0.3 is 10.5 Å². The van der Waals surface area contributed by atoms with Crippen LogP contribution in [-0.4, -0.2) is 19.1 Å². The molecule has 0 bridgehead atoms. The van der Waals surface area contributed by atoms with Gasteiger partial charge in [0.25, 0.3) is 5.92 Å². The first-order valence-corrected chi connectivity index (χ1v) is 6.08. The van der Waals surface area contributed by atoms with Gasteiger partial charge in [0.15, 0.2) is 0 Å². The summed E-state index contributed by atoms with van der Waals surface area (Å²) in [4.78, 5) is 0. The van der Waals surface area contributed by atoms with E-state index >= 15 is 0 Å². The average Bonchev–Trinajstić information content (AvgIpc) is 2.32. The summed E-state index contributed by atoms with van der Waals surface area (Å²) in [6.45, 7) is -0.514. The zero-order valence-electron chi connectivity index (χ0n) is 10.1. The standard InChI is InChI=1S/C12H12BrF3N2O/c1-11(18,12(15,16)7-19-5-4-17)9-6-8(13)2-3-10(9)14/h2-3,6H,5,7,18H2,1H3. The monoisotopic (exact) mass is 336 g/mol. The summed E-state index contributed by atoms with van der Waals surface area (Å²) in [5, 5.41) is 8.25. The van der Waals surface area contributed by atoms with Crippen molar-refractivity contribution in [1.29, 1.82) is 5.26 Å². The fourth-order valence-electron chi connectivity index (χ4n) is 1.47. The van der Waals surface area contributed by atoms with Crippen molar-refractivity contribution in [1.82, 2.24) is 0 Å². The predicted octanol–water partition coefficient (Wildman–Crippen LogP) is 2.94. The van der Waals surface area contributed by atoms with Gasteiger partial charge in [0.2, 0.25) is 0 Å². The second-order valence-electron chi connectivity index (χ2n) is 4.18. The lowest BCUT2D eigenvalue weighted by atomic mass is 9.86. The highest BCUT2D eigenvalue weighted by Gasteiger charge is 2.50. The summed E-state index contributed by atoms with van der Waals surface area (Å²) >= 11 is 3.08. The number of nitrogens with zero attached hydrogens (tertiary/aromatic N) is 1. The highest BCUT2D eigenvalue weighted by molar-refractivity contribution is 9.10. The molecule has 19 heavy (non-hydrogen) atoms. The molecular formula is C12H12BrF3N2O. The van der Waals surface area contributed by atoms with Crippen LogP contribution in [0.2, 0.25) is 0 Å². The molecule has 1 rings (SSSR count). The molecule has 0 fully saturated rings. The third-order valence-electron chi connectivity index (χ3n) is 2.70. The lowest BCUT2D eigenvalue weighted by Crippen LogP contribution is -2.53. The average molecular weight is 337 g/mol. The number of rotatable bonds is 5. The lowest BCUT2D eigenvalue weighted by Gasteiger charge is -2.34. The molecule has 3 nitrogen and oxygen atoms in total. The molecule has 0 aliphatic heterocycles. The van der Waals surface area contributed by atoms with E-state index in [4.69, 9.17) is 11.0 Å². The Balaban J connectivity index is 3.07. The number of alkyl halides is 2. The second-order valence-corrected chi connectivity index (χ2v) is 5.10. The molecule has 0 aliphatic carbocycles. The van der Waals surface area contributed by atoms with Gasteiger partial charge in [-0.05, 0) is 25.1 Å². The van der Waals surface area contributed by atoms with Crippen molar-refractivity contribution in [3.05, 3.63) is 34.1 Å². The van der Waals surface area contributed by atoms with E-state index in [1.165, 1.54) is 12.1 Å². The van der Waals surface area contributed by atoms with E-state index in [2.05, 4.69) is 20.7 Å². The van der Waals surface area contributed by atoms with Crippen LogP contribution in [0.15, 0.2) is 22.7 Å². The molecule has 104 valence electrons. The Kier molecular flexibility index (Phi) is 4.96. The van der Waals surface area contributed by atoms with E-state index in [9.17, 15) is 13.2 Å². The maximum absolute atomic E-state index is 14.0. The van der Waals surface area contributed by atoms with Gasteiger partial charge in [-0.1, -0.05) is 15.9 Å². The lowest BCUT2D eigenvalue weighted by molar-refractivity contribution is -0.123. The smallest absolute Gasteiger partial charge is 0.292 e. The normalized spacial score (nSPS) is 14.8. The summed E-state index contributed by atoms with van der Waals surface area (Å²) in [5.41, 5.74) is 3.01. The fourth-order valence-corrected chi connectivity index (χ4v) is 1.83. The minimum Gasteiger partial charge on any atom is -0.360 e. The highest BCUT2D eigenvalue weighted by Crippen LogP contribution is 2.37. The Bertz CT molecular complexity index is 500. The van der Waals surface area contributed by atoms with Crippen molar-refractivity contribution in [3.63, 3.8) is 0 Å². The van der Waals surface area contributed by atoms with Crippen LogP contribution in [0, 0.1) is 17.1 Å². The van der Waals surface area contributed by atoms with Crippen LogP contribution < -0.4 is 5.73 Å². The van der Waals surface area contributed by atoms with Gasteiger partial charge in [-0.2, -0.15) is 5.26 Å². The van der Waals surface area contributed by atoms with Crippen LogP contribution in [0.4, 0.5) is 13.2 Å². The van der Waals surface area contributed by atoms with Crippen molar-refractivity contribution in [3.8, 4) is 6.07 Å². The molecule has 0 saturated carbocycles. The summed E-state index contributed by atoms with van der Waals surface area (Å²) < 4.78 is 46.6. The number of nitrogens with two attached hydrogens (primary N) is 1. The summed E-state index contributed by atoms with van der Waals surface area (Å²) in [7, 11) is 0. The second kappa shape index (κ2) is 5.90. The van der Waals surface area contributed by atoms with Gasteiger partial charge >= 0.3 is 0 Å². The van der Waals surface area contributed by atoms with Gasteiger partial charge in [-0.15, -0.1) is 0 Å². The SMILES string of the molecule is CC(N)(c1cc(Br)ccc1F)C(F)(F)COCC#N. The van der Waals surface area contributed by atoms with Gasteiger partial charge in [0.05, 0.1) is 6.07 Å². The van der Waals surface area contributed by atoms with Crippen LogP contribution in [-0.2, 0) is 10.3 Å². The molecule has 1 aromatic carbocycles. The predicted molar refractivity (Wildman–Crippen MR) is 67.0 cm³/mol. The molecular weight excluding hydrogens is 325 g/mol. The zero-order valence-corrected chi connectivity index (χ0v) is 11.7. The Hall–Kier alpha value is -1.10. The Morgan fingerprint density at radius 3 is 2.68 bits per heavy atom. The first-order valence-electron chi connectivity index (χ1n) is 5.29. The molecule has 0 amide bonds. The highest BCUT2D eigenvalue weighted by atomic mass is 79.9. The number of hydrogen-bond acceptors (Lipinski definition) is 3. The van der Waals surface area contributed by atoms with Gasteiger partial charge in [-0.25, -0.2) is 13.2 Å². The first kappa shape index (κ1) is 16.0. The Morgan fingerprint density at radius 1 is 1.47 bits per heavy atom. The molecule has 0 radical (unpaired) electrons. The zero-order chi connectivity index (χ0) is 14.7. The molecule has 0 heterocycles. The van der Waals surface area contributed by atoms with E-state index < -0.39 is 30.5 Å². The topological polar surface area (TPSA) is 59.0 Å². The largest absolute Gasteiger partial charge is 0.360 e. The van der Waals surface area contributed by atoms with E-state index in [0.29, 0.717) is 4.47 Å². The number of hydrogen-bond donors (Lipinski definition) is 1. The van der Waals surface area contributed by atoms with Crippen molar-refractivity contribution in [2.75, 3.05) is 13.2 Å². The molecule has 1 atom stereocenters. The molecule has 2 N–H and O–H groups in total. The first-order chi connectivity index (χ1) is 8.72. The van der Waals surface area contributed by atoms with Crippen molar-refractivity contribution < 1.29 is 17.9 Å². The fraction of sp³-hybridized carbons (Fsp3) is 0.417. The Morgan fingerprint density at radius 2 is 2.11 bits per heavy atom. The molecule has 7 heteroatoms. The van der Waals surface area contributed by atoms with Crippen molar-refractivity contribution >= 4 is 15.9 Å². The van der Waals surface area contributed by atoms with Crippen LogP contribution >= 0.6 is 15.9 Å². The number of ether oxygens (including phenoxy) is 1. The minimum absolute atomic E-state index is 0.326.